The third-order valence-electron chi connectivity index (χ3n) is 3.33. The van der Waals surface area contributed by atoms with E-state index in [1.54, 1.807) is 18.2 Å². The molecule has 2 heterocycles. The lowest BCUT2D eigenvalue weighted by Crippen LogP contribution is -2.24. The molecule has 0 atom stereocenters. The first-order valence-corrected chi connectivity index (χ1v) is 7.05. The Labute approximate surface area is 132 Å². The van der Waals surface area contributed by atoms with Crippen LogP contribution in [0, 0.1) is 25.2 Å². The van der Waals surface area contributed by atoms with Gasteiger partial charge in [0.25, 0.3) is 11.7 Å². The molecule has 114 valence electrons. The van der Waals surface area contributed by atoms with E-state index in [2.05, 4.69) is 26.5 Å². The number of carbonyl (C=O) groups is 1. The van der Waals surface area contributed by atoms with Crippen LogP contribution in [0.15, 0.2) is 30.3 Å². The van der Waals surface area contributed by atoms with Crippen LogP contribution in [0.4, 0.5) is 0 Å². The lowest BCUT2D eigenvalue weighted by molar-refractivity contribution is 0.0940. The molecule has 0 spiro atoms. The van der Waals surface area contributed by atoms with Gasteiger partial charge < -0.3 is 5.32 Å². The fraction of sp³-hybridized carbons (Fsp3) is 0.188. The average Bonchev–Trinajstić information content (AvgIpc) is 2.97. The zero-order valence-electron chi connectivity index (χ0n) is 12.7. The minimum atomic E-state index is -0.380. The fourth-order valence-corrected chi connectivity index (χ4v) is 2.27. The lowest BCUT2D eigenvalue weighted by Gasteiger charge is -2.02. The molecule has 0 fully saturated rings. The summed E-state index contributed by atoms with van der Waals surface area (Å²) < 4.78 is 1.54. The topological polar surface area (TPSA) is 96.0 Å². The van der Waals surface area contributed by atoms with E-state index in [1.807, 2.05) is 26.0 Å². The normalized spacial score (nSPS) is 10.5. The van der Waals surface area contributed by atoms with Crippen LogP contribution in [0.1, 0.15) is 33.1 Å². The Kier molecular flexibility index (Phi) is 3.73. The third-order valence-corrected chi connectivity index (χ3v) is 3.33. The van der Waals surface area contributed by atoms with Gasteiger partial charge in [0, 0.05) is 17.9 Å². The summed E-state index contributed by atoms with van der Waals surface area (Å²) in [4.78, 5) is 20.6. The molecule has 0 aliphatic carbocycles. The molecule has 1 aromatic carbocycles. The maximum absolute atomic E-state index is 12.2. The highest BCUT2D eigenvalue weighted by molar-refractivity contribution is 5.90. The number of benzene rings is 1. The highest BCUT2D eigenvalue weighted by Crippen LogP contribution is 2.06. The summed E-state index contributed by atoms with van der Waals surface area (Å²) in [7, 11) is 0. The van der Waals surface area contributed by atoms with Crippen molar-refractivity contribution in [1.29, 1.82) is 5.26 Å². The van der Waals surface area contributed by atoms with Crippen molar-refractivity contribution >= 4 is 11.7 Å². The standard InChI is InChI=1S/C16H14N6O/c1-10-6-11(2)22-16(19-10)20-14(21-22)15(23)18-9-13-5-3-4-12(7-13)8-17/h3-7H,9H2,1-2H3,(H,18,23). The molecule has 7 nitrogen and oxygen atoms in total. The Morgan fingerprint density at radius 2 is 2.13 bits per heavy atom. The fourth-order valence-electron chi connectivity index (χ4n) is 2.27. The summed E-state index contributed by atoms with van der Waals surface area (Å²) in [6.45, 7) is 4.05. The van der Waals surface area contributed by atoms with Crippen LogP contribution in [0.25, 0.3) is 5.78 Å². The molecule has 1 amide bonds. The van der Waals surface area contributed by atoms with Crippen molar-refractivity contribution in [2.75, 3.05) is 0 Å². The molecule has 7 heteroatoms. The first-order chi connectivity index (χ1) is 11.1. The van der Waals surface area contributed by atoms with Crippen molar-refractivity contribution in [3.8, 4) is 6.07 Å². The molecule has 3 rings (SSSR count). The minimum absolute atomic E-state index is 0.0719. The highest BCUT2D eigenvalue weighted by atomic mass is 16.2. The number of fused-ring (bicyclic) bond motifs is 1. The molecule has 0 aliphatic rings. The van der Waals surface area contributed by atoms with E-state index < -0.39 is 0 Å². The van der Waals surface area contributed by atoms with Gasteiger partial charge in [-0.3, -0.25) is 4.79 Å². The van der Waals surface area contributed by atoms with Crippen LogP contribution in [-0.4, -0.2) is 25.5 Å². The molecule has 0 aliphatic heterocycles. The van der Waals surface area contributed by atoms with Gasteiger partial charge >= 0.3 is 0 Å². The van der Waals surface area contributed by atoms with E-state index in [0.29, 0.717) is 17.9 Å². The lowest BCUT2D eigenvalue weighted by atomic mass is 10.1. The molecule has 0 saturated heterocycles. The maximum atomic E-state index is 12.2. The van der Waals surface area contributed by atoms with Crippen molar-refractivity contribution in [2.24, 2.45) is 0 Å². The van der Waals surface area contributed by atoms with E-state index >= 15 is 0 Å². The second kappa shape index (κ2) is 5.85. The number of nitriles is 1. The summed E-state index contributed by atoms with van der Waals surface area (Å²) in [5.74, 6) is 0.0941. The number of nitrogens with one attached hydrogen (secondary N) is 1. The van der Waals surface area contributed by atoms with Crippen molar-refractivity contribution in [3.05, 3.63) is 58.7 Å². The van der Waals surface area contributed by atoms with Gasteiger partial charge in [-0.1, -0.05) is 12.1 Å². The molecule has 23 heavy (non-hydrogen) atoms. The van der Waals surface area contributed by atoms with Crippen molar-refractivity contribution < 1.29 is 4.79 Å². The Morgan fingerprint density at radius 1 is 1.30 bits per heavy atom. The number of carbonyl (C=O) groups excluding carboxylic acids is 1. The van der Waals surface area contributed by atoms with Crippen LogP contribution in [0.5, 0.6) is 0 Å². The second-order valence-corrected chi connectivity index (χ2v) is 5.18. The number of amides is 1. The first-order valence-electron chi connectivity index (χ1n) is 7.05. The zero-order valence-corrected chi connectivity index (χ0v) is 12.7. The predicted molar refractivity (Wildman–Crippen MR) is 82.6 cm³/mol. The van der Waals surface area contributed by atoms with Crippen LogP contribution >= 0.6 is 0 Å². The van der Waals surface area contributed by atoms with Crippen LogP contribution in [-0.2, 0) is 6.54 Å². The smallest absolute Gasteiger partial charge is 0.291 e. The molecule has 0 radical (unpaired) electrons. The molecule has 0 bridgehead atoms. The van der Waals surface area contributed by atoms with Gasteiger partial charge in [-0.2, -0.15) is 10.2 Å². The average molecular weight is 306 g/mol. The first kappa shape index (κ1) is 14.7. The Balaban J connectivity index is 1.78. The van der Waals surface area contributed by atoms with Gasteiger partial charge in [0.2, 0.25) is 5.82 Å². The SMILES string of the molecule is Cc1cc(C)n2nc(C(=O)NCc3cccc(C#N)c3)nc2n1. The Bertz CT molecular complexity index is 937. The summed E-state index contributed by atoms with van der Waals surface area (Å²) in [6, 6.07) is 11.0. The van der Waals surface area contributed by atoms with E-state index in [0.717, 1.165) is 17.0 Å². The molecule has 1 N–H and O–H groups in total. The van der Waals surface area contributed by atoms with E-state index in [-0.39, 0.29) is 11.7 Å². The van der Waals surface area contributed by atoms with Crippen LogP contribution < -0.4 is 5.32 Å². The van der Waals surface area contributed by atoms with E-state index in [9.17, 15) is 4.79 Å². The second-order valence-electron chi connectivity index (χ2n) is 5.18. The van der Waals surface area contributed by atoms with Gasteiger partial charge in [-0.05, 0) is 37.6 Å². The number of hydrogen-bond acceptors (Lipinski definition) is 5. The Morgan fingerprint density at radius 3 is 2.91 bits per heavy atom. The largest absolute Gasteiger partial charge is 0.345 e. The van der Waals surface area contributed by atoms with Gasteiger partial charge in [-0.15, -0.1) is 5.10 Å². The summed E-state index contributed by atoms with van der Waals surface area (Å²) in [5, 5.41) is 15.8. The number of aromatic nitrogens is 4. The van der Waals surface area contributed by atoms with Crippen molar-refractivity contribution in [3.63, 3.8) is 0 Å². The third kappa shape index (κ3) is 3.01. The van der Waals surface area contributed by atoms with Crippen LogP contribution in [0.3, 0.4) is 0 Å². The monoisotopic (exact) mass is 306 g/mol. The summed E-state index contributed by atoms with van der Waals surface area (Å²) in [5.41, 5.74) is 3.08. The van der Waals surface area contributed by atoms with E-state index in [4.69, 9.17) is 5.26 Å². The molecular formula is C16H14N6O. The molecule has 2 aromatic heterocycles. The quantitative estimate of drug-likeness (QED) is 0.792. The number of aryl methyl sites for hydroxylation is 2. The Hall–Kier alpha value is -3.27. The number of nitrogens with zero attached hydrogens (tertiary/aromatic N) is 5. The zero-order chi connectivity index (χ0) is 16.4. The number of hydrogen-bond donors (Lipinski definition) is 1. The molecule has 0 saturated carbocycles. The van der Waals surface area contributed by atoms with Crippen LogP contribution in [0.2, 0.25) is 0 Å². The molecule has 3 aromatic rings. The molecular weight excluding hydrogens is 292 g/mol. The van der Waals surface area contributed by atoms with Gasteiger partial charge in [0.1, 0.15) is 0 Å². The molecule has 0 unspecified atom stereocenters. The maximum Gasteiger partial charge on any atom is 0.291 e. The van der Waals surface area contributed by atoms with Gasteiger partial charge in [0.05, 0.1) is 11.6 Å². The predicted octanol–water partition coefficient (Wildman–Crippen LogP) is 1.54. The van der Waals surface area contributed by atoms with E-state index in [1.165, 1.54) is 4.52 Å². The van der Waals surface area contributed by atoms with Crippen molar-refractivity contribution in [1.82, 2.24) is 24.9 Å². The number of rotatable bonds is 3. The summed E-state index contributed by atoms with van der Waals surface area (Å²) in [6.07, 6.45) is 0. The summed E-state index contributed by atoms with van der Waals surface area (Å²) >= 11 is 0. The van der Waals surface area contributed by atoms with Gasteiger partial charge in [0.15, 0.2) is 0 Å². The van der Waals surface area contributed by atoms with Gasteiger partial charge in [-0.25, -0.2) is 9.50 Å². The highest BCUT2D eigenvalue weighted by Gasteiger charge is 2.14. The minimum Gasteiger partial charge on any atom is -0.345 e. The van der Waals surface area contributed by atoms with Crippen molar-refractivity contribution in [2.45, 2.75) is 20.4 Å².